The lowest BCUT2D eigenvalue weighted by Crippen LogP contribution is -2.34. The molecule has 2 aliphatic heterocycles. The zero-order chi connectivity index (χ0) is 25.0. The number of piperidine rings is 1. The van der Waals surface area contributed by atoms with Gasteiger partial charge in [0.05, 0.1) is 11.4 Å². The first-order valence-corrected chi connectivity index (χ1v) is 13.0. The third kappa shape index (κ3) is 5.22. The Bertz CT molecular complexity index is 1410. The molecule has 0 aliphatic carbocycles. The molecular formula is C30H30N6O. The molecule has 186 valence electrons. The molecule has 0 unspecified atom stereocenters. The molecule has 3 heterocycles. The molecule has 1 fully saturated rings. The molecule has 2 N–H and O–H groups in total. The summed E-state index contributed by atoms with van der Waals surface area (Å²) in [5.41, 5.74) is 6.85. The van der Waals surface area contributed by atoms with E-state index in [-0.39, 0.29) is 5.91 Å². The van der Waals surface area contributed by atoms with Crippen LogP contribution in [0.2, 0.25) is 0 Å². The van der Waals surface area contributed by atoms with Crippen LogP contribution in [0.15, 0.2) is 84.1 Å². The van der Waals surface area contributed by atoms with Gasteiger partial charge >= 0.3 is 0 Å². The smallest absolute Gasteiger partial charge is 0.251 e. The SMILES string of the molecule is O=C(NCCC1CCN(Cc2ccccc2)CC1)c1cccc(C2=Nc3ccc(-c4ncn[nH]4)cc32)c1. The number of aromatic nitrogens is 3. The van der Waals surface area contributed by atoms with E-state index in [1.54, 1.807) is 0 Å². The van der Waals surface area contributed by atoms with Crippen LogP contribution in [0.5, 0.6) is 0 Å². The van der Waals surface area contributed by atoms with Crippen molar-refractivity contribution in [1.82, 2.24) is 25.4 Å². The monoisotopic (exact) mass is 490 g/mol. The average molecular weight is 491 g/mol. The van der Waals surface area contributed by atoms with E-state index < -0.39 is 0 Å². The van der Waals surface area contributed by atoms with Crippen molar-refractivity contribution in [2.45, 2.75) is 25.8 Å². The van der Waals surface area contributed by atoms with E-state index in [9.17, 15) is 4.79 Å². The quantitative estimate of drug-likeness (QED) is 0.321. The summed E-state index contributed by atoms with van der Waals surface area (Å²) in [6.45, 7) is 3.98. The van der Waals surface area contributed by atoms with E-state index in [2.05, 4.69) is 66.8 Å². The van der Waals surface area contributed by atoms with E-state index in [0.29, 0.717) is 18.0 Å². The Balaban J connectivity index is 1.01. The van der Waals surface area contributed by atoms with Crippen molar-refractivity contribution in [3.63, 3.8) is 0 Å². The van der Waals surface area contributed by atoms with Crippen molar-refractivity contribution in [3.8, 4) is 11.4 Å². The summed E-state index contributed by atoms with van der Waals surface area (Å²) in [4.78, 5) is 24.3. The molecule has 0 atom stereocenters. The van der Waals surface area contributed by atoms with Gasteiger partial charge in [-0.05, 0) is 74.2 Å². The maximum Gasteiger partial charge on any atom is 0.251 e. The van der Waals surface area contributed by atoms with Gasteiger partial charge in [0.2, 0.25) is 0 Å². The number of nitrogens with one attached hydrogen (secondary N) is 2. The number of hydrogen-bond donors (Lipinski definition) is 2. The Morgan fingerprint density at radius 3 is 2.65 bits per heavy atom. The van der Waals surface area contributed by atoms with Crippen LogP contribution in [-0.4, -0.2) is 51.3 Å². The average Bonchev–Trinajstić information content (AvgIpc) is 3.46. The molecule has 0 saturated carbocycles. The lowest BCUT2D eigenvalue weighted by Gasteiger charge is -2.32. The predicted octanol–water partition coefficient (Wildman–Crippen LogP) is 4.99. The van der Waals surface area contributed by atoms with Gasteiger partial charge in [0, 0.05) is 35.3 Å². The number of likely N-dealkylation sites (tertiary alicyclic amines) is 1. The summed E-state index contributed by atoms with van der Waals surface area (Å²) in [7, 11) is 0. The Kier molecular flexibility index (Phi) is 6.60. The minimum Gasteiger partial charge on any atom is -0.352 e. The van der Waals surface area contributed by atoms with Gasteiger partial charge in [-0.25, -0.2) is 9.98 Å². The fourth-order valence-electron chi connectivity index (χ4n) is 5.24. The van der Waals surface area contributed by atoms with Gasteiger partial charge in [-0.15, -0.1) is 0 Å². The van der Waals surface area contributed by atoms with Crippen LogP contribution in [0.4, 0.5) is 5.69 Å². The summed E-state index contributed by atoms with van der Waals surface area (Å²) in [5.74, 6) is 1.36. The van der Waals surface area contributed by atoms with Crippen LogP contribution in [0, 0.1) is 5.92 Å². The Hall–Kier alpha value is -4.10. The van der Waals surface area contributed by atoms with Crippen molar-refractivity contribution < 1.29 is 4.79 Å². The van der Waals surface area contributed by atoms with Crippen molar-refractivity contribution in [2.24, 2.45) is 10.9 Å². The number of H-pyrrole nitrogens is 1. The van der Waals surface area contributed by atoms with Gasteiger partial charge in [0.25, 0.3) is 5.91 Å². The fraction of sp³-hybridized carbons (Fsp3) is 0.267. The zero-order valence-corrected chi connectivity index (χ0v) is 20.7. The number of carbonyl (C=O) groups is 1. The van der Waals surface area contributed by atoms with Gasteiger partial charge in [0.15, 0.2) is 5.82 Å². The Morgan fingerprint density at radius 1 is 0.973 bits per heavy atom. The van der Waals surface area contributed by atoms with E-state index >= 15 is 0 Å². The Morgan fingerprint density at radius 2 is 1.84 bits per heavy atom. The lowest BCUT2D eigenvalue weighted by atomic mass is 9.92. The highest BCUT2D eigenvalue weighted by atomic mass is 16.1. The first-order valence-electron chi connectivity index (χ1n) is 13.0. The van der Waals surface area contributed by atoms with Gasteiger partial charge in [-0.1, -0.05) is 42.5 Å². The number of nitrogens with zero attached hydrogens (tertiary/aromatic N) is 4. The first kappa shape index (κ1) is 23.3. The largest absolute Gasteiger partial charge is 0.352 e. The molecule has 1 aromatic heterocycles. The van der Waals surface area contributed by atoms with Gasteiger partial charge in [-0.3, -0.25) is 14.8 Å². The summed E-state index contributed by atoms with van der Waals surface area (Å²) in [6.07, 6.45) is 4.90. The molecule has 3 aromatic carbocycles. The molecular weight excluding hydrogens is 460 g/mol. The second-order valence-electron chi connectivity index (χ2n) is 9.86. The predicted molar refractivity (Wildman–Crippen MR) is 145 cm³/mol. The number of benzene rings is 3. The first-order chi connectivity index (χ1) is 18.2. The number of amides is 1. The second kappa shape index (κ2) is 10.5. The minimum atomic E-state index is -0.0288. The maximum absolute atomic E-state index is 12.9. The molecule has 1 saturated heterocycles. The van der Waals surface area contributed by atoms with Gasteiger partial charge < -0.3 is 5.32 Å². The molecule has 0 radical (unpaired) electrons. The van der Waals surface area contributed by atoms with Crippen molar-refractivity contribution >= 4 is 17.3 Å². The molecule has 6 rings (SSSR count). The molecule has 0 bridgehead atoms. The van der Waals surface area contributed by atoms with E-state index in [1.807, 2.05) is 36.4 Å². The Labute approximate surface area is 216 Å². The topological polar surface area (TPSA) is 86.3 Å². The maximum atomic E-state index is 12.9. The number of aromatic amines is 1. The van der Waals surface area contributed by atoms with Crippen LogP contribution in [0.25, 0.3) is 11.4 Å². The summed E-state index contributed by atoms with van der Waals surface area (Å²) in [5, 5.41) is 9.97. The number of carbonyl (C=O) groups excluding carboxylic acids is 1. The van der Waals surface area contributed by atoms with Crippen LogP contribution in [-0.2, 0) is 6.54 Å². The molecule has 4 aromatic rings. The molecule has 7 nitrogen and oxygen atoms in total. The fourth-order valence-corrected chi connectivity index (χ4v) is 5.24. The van der Waals surface area contributed by atoms with Gasteiger partial charge in [-0.2, -0.15) is 5.10 Å². The molecule has 7 heteroatoms. The standard InChI is InChI=1S/C30H30N6O/c37-30(31-14-11-21-12-15-36(16-13-21)19-22-5-2-1-3-6-22)25-8-4-7-23(17-25)28-26-18-24(9-10-27(26)34-28)29-32-20-33-35-29/h1-10,17-18,20-21H,11-16,19H2,(H,31,37)(H,32,33,35). The van der Waals surface area contributed by atoms with E-state index in [4.69, 9.17) is 0 Å². The highest BCUT2D eigenvalue weighted by Gasteiger charge is 2.23. The summed E-state index contributed by atoms with van der Waals surface area (Å²) in [6, 6.07) is 24.4. The van der Waals surface area contributed by atoms with Crippen LogP contribution in [0.3, 0.4) is 0 Å². The van der Waals surface area contributed by atoms with Gasteiger partial charge in [0.1, 0.15) is 6.33 Å². The highest BCUT2D eigenvalue weighted by Crippen LogP contribution is 2.35. The van der Waals surface area contributed by atoms with Crippen molar-refractivity contribution in [2.75, 3.05) is 19.6 Å². The van der Waals surface area contributed by atoms with Crippen molar-refractivity contribution in [3.05, 3.63) is 101 Å². The summed E-state index contributed by atoms with van der Waals surface area (Å²) >= 11 is 0. The van der Waals surface area contributed by atoms with Crippen LogP contribution in [0.1, 0.15) is 46.3 Å². The minimum absolute atomic E-state index is 0.0288. The normalized spacial score (nSPS) is 15.5. The zero-order valence-electron chi connectivity index (χ0n) is 20.7. The number of hydrogen-bond acceptors (Lipinski definition) is 5. The van der Waals surface area contributed by atoms with Crippen molar-refractivity contribution in [1.29, 1.82) is 0 Å². The molecule has 2 aliphatic rings. The lowest BCUT2D eigenvalue weighted by molar-refractivity contribution is 0.0947. The molecule has 1 amide bonds. The molecule has 0 spiro atoms. The number of rotatable bonds is 8. The van der Waals surface area contributed by atoms with E-state index in [1.165, 1.54) is 24.7 Å². The molecule has 37 heavy (non-hydrogen) atoms. The summed E-state index contributed by atoms with van der Waals surface area (Å²) < 4.78 is 0. The highest BCUT2D eigenvalue weighted by molar-refractivity contribution is 6.22. The number of aliphatic imine (C=N–C) groups is 1. The third-order valence-corrected chi connectivity index (χ3v) is 7.36. The van der Waals surface area contributed by atoms with Crippen LogP contribution < -0.4 is 5.32 Å². The van der Waals surface area contributed by atoms with E-state index in [0.717, 1.165) is 60.0 Å². The van der Waals surface area contributed by atoms with Crippen LogP contribution >= 0.6 is 0 Å². The number of fused-ring (bicyclic) bond motifs is 1. The second-order valence-corrected chi connectivity index (χ2v) is 9.86. The third-order valence-electron chi connectivity index (χ3n) is 7.36.